The van der Waals surface area contributed by atoms with E-state index in [-0.39, 0.29) is 13.1 Å². The molecule has 1 saturated heterocycles. The number of carbonyl (C=O) groups excluding carboxylic acids is 1. The number of halogens is 3. The standard InChI is InChI=1S/C24H27F3N8O2/c1-15-17(19-14-33(2)32-37-19)3-4-18-22(15)31-23(29-18)30-20-11-16(5-6-28-20)13-34-7-9-35(10-8-34)21(36)12-24(25,26)27/h3-6,11,14,32H,7-10,12-13H2,1-2H3,(H2,28,29,30,31). The Morgan fingerprint density at radius 2 is 1.97 bits per heavy atom. The summed E-state index contributed by atoms with van der Waals surface area (Å²) in [6.45, 7) is 4.15. The van der Waals surface area contributed by atoms with Crippen molar-refractivity contribution in [3.8, 4) is 0 Å². The van der Waals surface area contributed by atoms with E-state index in [9.17, 15) is 18.0 Å². The molecule has 0 unspecified atom stereocenters. The first-order chi connectivity index (χ1) is 17.6. The van der Waals surface area contributed by atoms with E-state index in [2.05, 4.69) is 25.8 Å². The summed E-state index contributed by atoms with van der Waals surface area (Å²) in [6, 6.07) is 7.72. The predicted octanol–water partition coefficient (Wildman–Crippen LogP) is 3.29. The molecule has 0 radical (unpaired) electrons. The molecule has 13 heteroatoms. The summed E-state index contributed by atoms with van der Waals surface area (Å²) < 4.78 is 37.5. The van der Waals surface area contributed by atoms with Crippen LogP contribution in [0.15, 0.2) is 36.7 Å². The molecule has 5 rings (SSSR count). The van der Waals surface area contributed by atoms with Gasteiger partial charge in [0.05, 0.1) is 17.2 Å². The largest absolute Gasteiger partial charge is 0.397 e. The quantitative estimate of drug-likeness (QED) is 0.459. The maximum absolute atomic E-state index is 12.5. The van der Waals surface area contributed by atoms with Crippen molar-refractivity contribution in [2.45, 2.75) is 26.1 Å². The van der Waals surface area contributed by atoms with E-state index in [0.29, 0.717) is 37.2 Å². The maximum Gasteiger partial charge on any atom is 0.397 e. The van der Waals surface area contributed by atoms with Crippen LogP contribution in [-0.2, 0) is 16.2 Å². The highest BCUT2D eigenvalue weighted by atomic mass is 19.4. The van der Waals surface area contributed by atoms with Gasteiger partial charge in [0.25, 0.3) is 0 Å². The first-order valence-corrected chi connectivity index (χ1v) is 11.8. The van der Waals surface area contributed by atoms with Crippen LogP contribution in [0.2, 0.25) is 0 Å². The van der Waals surface area contributed by atoms with Gasteiger partial charge >= 0.3 is 6.18 Å². The highest BCUT2D eigenvalue weighted by Crippen LogP contribution is 2.29. The molecule has 2 aliphatic rings. The number of imidazole rings is 1. The summed E-state index contributed by atoms with van der Waals surface area (Å²) >= 11 is 0. The lowest BCUT2D eigenvalue weighted by molar-refractivity contribution is -0.162. The Morgan fingerprint density at radius 1 is 1.19 bits per heavy atom. The van der Waals surface area contributed by atoms with E-state index in [1.807, 2.05) is 44.4 Å². The average Bonchev–Trinajstić information content (AvgIpc) is 3.45. The number of nitrogens with one attached hydrogen (secondary N) is 3. The second-order valence-electron chi connectivity index (χ2n) is 9.14. The minimum absolute atomic E-state index is 0.278. The first kappa shape index (κ1) is 24.8. The van der Waals surface area contributed by atoms with Gasteiger partial charge in [-0.05, 0) is 42.3 Å². The van der Waals surface area contributed by atoms with Gasteiger partial charge in [0.2, 0.25) is 11.9 Å². The van der Waals surface area contributed by atoms with Crippen molar-refractivity contribution in [3.63, 3.8) is 0 Å². The number of pyridine rings is 1. The number of carbonyl (C=O) groups is 1. The number of rotatable bonds is 6. The number of aromatic amines is 1. The Bertz CT molecular complexity index is 1330. The van der Waals surface area contributed by atoms with Gasteiger partial charge in [-0.15, -0.1) is 0 Å². The predicted molar refractivity (Wildman–Crippen MR) is 131 cm³/mol. The Morgan fingerprint density at radius 3 is 2.68 bits per heavy atom. The molecule has 2 aliphatic heterocycles. The fraction of sp³-hybridized carbons (Fsp3) is 0.375. The Labute approximate surface area is 211 Å². The van der Waals surface area contributed by atoms with Crippen LogP contribution in [0.4, 0.5) is 24.9 Å². The number of aromatic nitrogens is 3. The van der Waals surface area contributed by atoms with E-state index in [1.54, 1.807) is 11.2 Å². The number of aryl methyl sites for hydroxylation is 1. The number of piperazine rings is 1. The molecule has 37 heavy (non-hydrogen) atoms. The first-order valence-electron chi connectivity index (χ1n) is 11.8. The second kappa shape index (κ2) is 9.90. The monoisotopic (exact) mass is 516 g/mol. The summed E-state index contributed by atoms with van der Waals surface area (Å²) in [7, 11) is 1.85. The third-order valence-corrected chi connectivity index (χ3v) is 6.34. The van der Waals surface area contributed by atoms with Crippen molar-refractivity contribution in [2.75, 3.05) is 38.5 Å². The van der Waals surface area contributed by atoms with Crippen LogP contribution in [0.25, 0.3) is 16.8 Å². The van der Waals surface area contributed by atoms with Crippen molar-refractivity contribution in [1.82, 2.24) is 35.3 Å². The zero-order valence-electron chi connectivity index (χ0n) is 20.4. The second-order valence-corrected chi connectivity index (χ2v) is 9.14. The number of benzene rings is 1. The normalized spacial score (nSPS) is 16.7. The molecule has 0 atom stereocenters. The Balaban J connectivity index is 1.22. The van der Waals surface area contributed by atoms with E-state index in [4.69, 9.17) is 9.82 Å². The summed E-state index contributed by atoms with van der Waals surface area (Å²) in [4.78, 5) is 33.1. The SMILES string of the molecule is Cc1c(C2=CN(C)NO2)ccc2[nH]c(Nc3cc(CN4CCN(C(=O)CC(F)(F)F)CC4)ccn3)nc12. The summed E-state index contributed by atoms with van der Waals surface area (Å²) in [5.41, 5.74) is 7.34. The summed E-state index contributed by atoms with van der Waals surface area (Å²) in [5, 5.41) is 4.94. The van der Waals surface area contributed by atoms with Crippen LogP contribution in [0.3, 0.4) is 0 Å². The number of H-pyrrole nitrogens is 1. The van der Waals surface area contributed by atoms with Crippen molar-refractivity contribution >= 4 is 34.5 Å². The van der Waals surface area contributed by atoms with Gasteiger partial charge in [0.15, 0.2) is 5.76 Å². The Hall–Kier alpha value is -3.84. The number of hydrazine groups is 1. The van der Waals surface area contributed by atoms with E-state index < -0.39 is 18.5 Å². The molecule has 3 aromatic rings. The lowest BCUT2D eigenvalue weighted by Crippen LogP contribution is -2.49. The minimum atomic E-state index is -4.48. The van der Waals surface area contributed by atoms with Gasteiger partial charge in [-0.1, -0.05) is 5.59 Å². The molecule has 0 aliphatic carbocycles. The minimum Gasteiger partial charge on any atom is -0.387 e. The number of amides is 1. The van der Waals surface area contributed by atoms with Crippen molar-refractivity contribution in [3.05, 3.63) is 53.4 Å². The summed E-state index contributed by atoms with van der Waals surface area (Å²) in [5.74, 6) is 1.00. The number of fused-ring (bicyclic) bond motifs is 1. The number of hydrogen-bond donors (Lipinski definition) is 3. The number of alkyl halides is 3. The van der Waals surface area contributed by atoms with E-state index >= 15 is 0 Å². The molecule has 3 N–H and O–H groups in total. The summed E-state index contributed by atoms with van der Waals surface area (Å²) in [6.07, 6.45) is -2.34. The van der Waals surface area contributed by atoms with Crippen LogP contribution in [0.5, 0.6) is 0 Å². The van der Waals surface area contributed by atoms with Crippen molar-refractivity contribution in [1.29, 1.82) is 0 Å². The molecular weight excluding hydrogens is 489 g/mol. The molecule has 2 aromatic heterocycles. The molecule has 1 amide bonds. The van der Waals surface area contributed by atoms with Gasteiger partial charge in [-0.2, -0.15) is 13.2 Å². The zero-order chi connectivity index (χ0) is 26.2. The molecule has 4 heterocycles. The Kier molecular flexibility index (Phi) is 6.65. The van der Waals surface area contributed by atoms with Crippen molar-refractivity contribution < 1.29 is 22.8 Å². The van der Waals surface area contributed by atoms with Crippen LogP contribution in [-0.4, -0.2) is 75.1 Å². The van der Waals surface area contributed by atoms with E-state index in [0.717, 1.165) is 27.7 Å². The van der Waals surface area contributed by atoms with Gasteiger partial charge in [0, 0.05) is 51.5 Å². The third kappa shape index (κ3) is 5.78. The van der Waals surface area contributed by atoms with Crippen LogP contribution >= 0.6 is 0 Å². The molecule has 0 bridgehead atoms. The topological polar surface area (TPSA) is 102 Å². The van der Waals surface area contributed by atoms with Gasteiger partial charge in [-0.25, -0.2) is 9.97 Å². The molecule has 196 valence electrons. The third-order valence-electron chi connectivity index (χ3n) is 6.34. The van der Waals surface area contributed by atoms with Crippen LogP contribution in [0.1, 0.15) is 23.1 Å². The highest BCUT2D eigenvalue weighted by Gasteiger charge is 2.34. The molecule has 1 fully saturated rings. The van der Waals surface area contributed by atoms with Crippen LogP contribution in [0, 0.1) is 6.92 Å². The zero-order valence-corrected chi connectivity index (χ0v) is 20.4. The molecule has 1 aromatic carbocycles. The van der Waals surface area contributed by atoms with Gasteiger partial charge in [0.1, 0.15) is 12.2 Å². The number of hydrogen-bond acceptors (Lipinski definition) is 8. The molecule has 0 spiro atoms. The molecule has 0 saturated carbocycles. The van der Waals surface area contributed by atoms with Crippen molar-refractivity contribution in [2.24, 2.45) is 0 Å². The smallest absolute Gasteiger partial charge is 0.387 e. The fourth-order valence-electron chi connectivity index (χ4n) is 4.47. The lowest BCUT2D eigenvalue weighted by atomic mass is 10.1. The van der Waals surface area contributed by atoms with Crippen LogP contribution < -0.4 is 10.9 Å². The molecule has 10 nitrogen and oxygen atoms in total. The number of anilines is 2. The fourth-order valence-corrected chi connectivity index (χ4v) is 4.47. The maximum atomic E-state index is 12.5. The highest BCUT2D eigenvalue weighted by molar-refractivity contribution is 5.86. The van der Waals surface area contributed by atoms with E-state index in [1.165, 1.54) is 4.90 Å². The number of nitrogens with zero attached hydrogens (tertiary/aromatic N) is 5. The van der Waals surface area contributed by atoms with Gasteiger partial charge in [-0.3, -0.25) is 14.7 Å². The van der Waals surface area contributed by atoms with Gasteiger partial charge < -0.3 is 20.0 Å². The average molecular weight is 517 g/mol. The lowest BCUT2D eigenvalue weighted by Gasteiger charge is -2.35. The molecular formula is C24H27F3N8O2.